The summed E-state index contributed by atoms with van der Waals surface area (Å²) in [6.07, 6.45) is 4.65. The van der Waals surface area contributed by atoms with Gasteiger partial charge in [-0.25, -0.2) is 0 Å². The van der Waals surface area contributed by atoms with Gasteiger partial charge in [0, 0.05) is 5.75 Å². The number of thioether (sulfide) groups is 1. The number of aliphatic hydroxyl groups excluding tert-OH is 1. The topological polar surface area (TPSA) is 92.6 Å². The molecule has 5 rings (SSSR count). The Kier molecular flexibility index (Phi) is 8.53. The van der Waals surface area contributed by atoms with Crippen molar-refractivity contribution in [3.63, 3.8) is 0 Å². The van der Waals surface area contributed by atoms with Gasteiger partial charge in [-0.15, -0.1) is 10.2 Å². The largest absolute Gasteiger partial charge is 0.503 e. The molecule has 1 aliphatic heterocycles. The molecule has 1 aliphatic rings. The normalized spacial score (nSPS) is 15.2. The predicted molar refractivity (Wildman–Crippen MR) is 158 cm³/mol. The van der Waals surface area contributed by atoms with Crippen LogP contribution in [0.2, 0.25) is 0 Å². The van der Waals surface area contributed by atoms with Crippen LogP contribution in [-0.2, 0) is 15.3 Å². The molecule has 7 nitrogen and oxygen atoms in total. The van der Waals surface area contributed by atoms with Gasteiger partial charge >= 0.3 is 0 Å². The molecule has 1 amide bonds. The number of carbonyl (C=O) groups excluding carboxylic acids is 2. The van der Waals surface area contributed by atoms with Crippen LogP contribution in [0.5, 0.6) is 5.75 Å². The van der Waals surface area contributed by atoms with E-state index >= 15 is 0 Å². The van der Waals surface area contributed by atoms with Gasteiger partial charge in [0.2, 0.25) is 5.13 Å². The van der Waals surface area contributed by atoms with Gasteiger partial charge in [-0.2, -0.15) is 0 Å². The van der Waals surface area contributed by atoms with Crippen molar-refractivity contribution < 1.29 is 19.4 Å². The number of nitrogens with zero attached hydrogens (tertiary/aromatic N) is 3. The van der Waals surface area contributed by atoms with E-state index in [1.54, 1.807) is 36.4 Å². The number of aliphatic hydroxyl groups is 1. The number of hydrogen-bond acceptors (Lipinski definition) is 8. The Labute approximate surface area is 240 Å². The molecule has 40 heavy (non-hydrogen) atoms. The van der Waals surface area contributed by atoms with Gasteiger partial charge in [0.15, 0.2) is 15.9 Å². The van der Waals surface area contributed by atoms with Gasteiger partial charge in [0.05, 0.1) is 11.6 Å². The number of anilines is 1. The van der Waals surface area contributed by atoms with Gasteiger partial charge < -0.3 is 9.84 Å². The Bertz CT molecular complexity index is 1580. The van der Waals surface area contributed by atoms with E-state index in [0.29, 0.717) is 28.0 Å². The fourth-order valence-electron chi connectivity index (χ4n) is 4.20. The maximum absolute atomic E-state index is 13.5. The van der Waals surface area contributed by atoms with E-state index in [1.165, 1.54) is 34.1 Å². The maximum atomic E-state index is 13.5. The monoisotopic (exact) mass is 567 g/mol. The third-order valence-electron chi connectivity index (χ3n) is 6.05. The van der Waals surface area contributed by atoms with Crippen LogP contribution in [0.15, 0.2) is 119 Å². The molecule has 0 saturated carbocycles. The highest BCUT2D eigenvalue weighted by atomic mass is 32.2. The van der Waals surface area contributed by atoms with E-state index < -0.39 is 23.5 Å². The lowest BCUT2D eigenvalue weighted by Gasteiger charge is -2.24. The first-order valence-electron chi connectivity index (χ1n) is 12.4. The Morgan fingerprint density at radius 1 is 1.05 bits per heavy atom. The van der Waals surface area contributed by atoms with Crippen LogP contribution in [0.3, 0.4) is 0 Å². The minimum Gasteiger partial charge on any atom is -0.503 e. The molecule has 0 spiro atoms. The number of allylic oxidation sites excluding steroid dienone is 1. The number of hydrogen-bond donors (Lipinski definition) is 1. The molecule has 1 N–H and O–H groups in total. The number of aromatic nitrogens is 2. The Balaban J connectivity index is 1.49. The number of benzene rings is 3. The smallest absolute Gasteiger partial charge is 0.296 e. The average Bonchev–Trinajstić information content (AvgIpc) is 3.56. The summed E-state index contributed by atoms with van der Waals surface area (Å²) in [4.78, 5) is 28.3. The van der Waals surface area contributed by atoms with Crippen LogP contribution in [0.4, 0.5) is 5.13 Å². The predicted octanol–water partition coefficient (Wildman–Crippen LogP) is 6.58. The molecule has 0 aliphatic carbocycles. The van der Waals surface area contributed by atoms with Gasteiger partial charge in [-0.3, -0.25) is 14.5 Å². The summed E-state index contributed by atoms with van der Waals surface area (Å²) in [5.41, 5.74) is 2.50. The van der Waals surface area contributed by atoms with Crippen LogP contribution >= 0.6 is 23.1 Å². The first-order chi connectivity index (χ1) is 19.5. The van der Waals surface area contributed by atoms with E-state index in [2.05, 4.69) is 16.8 Å². The number of rotatable bonds is 11. The summed E-state index contributed by atoms with van der Waals surface area (Å²) in [5.74, 6) is -0.581. The molecule has 3 aromatic carbocycles. The van der Waals surface area contributed by atoms with Gasteiger partial charge in [0.25, 0.3) is 5.91 Å². The third kappa shape index (κ3) is 6.06. The molecular formula is C31H25N3O4S2. The second kappa shape index (κ2) is 12.6. The summed E-state index contributed by atoms with van der Waals surface area (Å²) < 4.78 is 6.37. The minimum atomic E-state index is -0.923. The first kappa shape index (κ1) is 27.1. The molecule has 200 valence electrons. The van der Waals surface area contributed by atoms with Crippen LogP contribution in [0.25, 0.3) is 6.08 Å². The second-order valence-electron chi connectivity index (χ2n) is 8.75. The van der Waals surface area contributed by atoms with Crippen molar-refractivity contribution in [1.82, 2.24) is 10.2 Å². The molecule has 0 saturated heterocycles. The van der Waals surface area contributed by atoms with Gasteiger partial charge in [0.1, 0.15) is 12.4 Å². The van der Waals surface area contributed by atoms with Crippen molar-refractivity contribution in [3.05, 3.63) is 132 Å². The molecule has 0 radical (unpaired) electrons. The highest BCUT2D eigenvalue weighted by molar-refractivity contribution is 8.00. The Hall–Kier alpha value is -4.47. The molecule has 4 aromatic rings. The quantitative estimate of drug-likeness (QED) is 0.0947. The third-order valence-corrected chi connectivity index (χ3v) is 8.18. The number of ether oxygens (including phenoxy) is 1. The number of carbonyl (C=O) groups is 2. The van der Waals surface area contributed by atoms with E-state index in [9.17, 15) is 14.7 Å². The maximum Gasteiger partial charge on any atom is 0.296 e. The standard InChI is InChI=1S/C31H25N3O4S2/c1-2-18-38-24-15-9-14-23(19-24)27-26(25(35)17-16-21-10-5-3-6-11-21)28(36)29(37)34(27)30-32-33-31(40-30)39-20-22-12-7-4-8-13-22/h2-17,19,27,36H,1,18,20H2/b17-16+. The summed E-state index contributed by atoms with van der Waals surface area (Å²) in [5, 5.41) is 19.8. The lowest BCUT2D eigenvalue weighted by Crippen LogP contribution is -2.30. The summed E-state index contributed by atoms with van der Waals surface area (Å²) in [6, 6.07) is 25.4. The van der Waals surface area contributed by atoms with Gasteiger partial charge in [-0.05, 0) is 34.9 Å². The molecular weight excluding hydrogens is 542 g/mol. The van der Waals surface area contributed by atoms with Crippen LogP contribution in [-0.4, -0.2) is 33.6 Å². The lowest BCUT2D eigenvalue weighted by molar-refractivity contribution is -0.117. The van der Waals surface area contributed by atoms with E-state index in [4.69, 9.17) is 4.74 Å². The zero-order valence-corrected chi connectivity index (χ0v) is 23.0. The van der Waals surface area contributed by atoms with Crippen molar-refractivity contribution in [3.8, 4) is 5.75 Å². The molecule has 0 bridgehead atoms. The van der Waals surface area contributed by atoms with E-state index in [0.717, 1.165) is 11.1 Å². The highest BCUT2D eigenvalue weighted by Gasteiger charge is 2.45. The second-order valence-corrected chi connectivity index (χ2v) is 10.9. The van der Waals surface area contributed by atoms with Crippen molar-refractivity contribution in [1.29, 1.82) is 0 Å². The fourth-order valence-corrected chi connectivity index (χ4v) is 6.03. The molecule has 1 aromatic heterocycles. The minimum absolute atomic E-state index is 0.0354. The lowest BCUT2D eigenvalue weighted by atomic mass is 9.95. The van der Waals surface area contributed by atoms with Crippen LogP contribution < -0.4 is 9.64 Å². The SMILES string of the molecule is C=CCOc1cccc(C2C(C(=O)/C=C/c3ccccc3)=C(O)C(=O)N2c2nnc(SCc3ccccc3)s2)c1. The van der Waals surface area contributed by atoms with Crippen molar-refractivity contribution in [2.24, 2.45) is 0 Å². The average molecular weight is 568 g/mol. The highest BCUT2D eigenvalue weighted by Crippen LogP contribution is 2.44. The van der Waals surface area contributed by atoms with Crippen molar-refractivity contribution in [2.45, 2.75) is 16.1 Å². The van der Waals surface area contributed by atoms with Crippen LogP contribution in [0, 0.1) is 0 Å². The zero-order chi connectivity index (χ0) is 27.9. The fraction of sp³-hybridized carbons (Fsp3) is 0.0968. The zero-order valence-electron chi connectivity index (χ0n) is 21.3. The Morgan fingerprint density at radius 2 is 1.80 bits per heavy atom. The molecule has 0 fully saturated rings. The van der Waals surface area contributed by atoms with Crippen molar-refractivity contribution in [2.75, 3.05) is 11.5 Å². The summed E-state index contributed by atoms with van der Waals surface area (Å²) >= 11 is 2.73. The van der Waals surface area contributed by atoms with E-state index in [-0.39, 0.29) is 10.7 Å². The Morgan fingerprint density at radius 3 is 2.55 bits per heavy atom. The molecule has 1 atom stereocenters. The molecule has 1 unspecified atom stereocenters. The van der Waals surface area contributed by atoms with Crippen molar-refractivity contribution >= 4 is 46.0 Å². The summed E-state index contributed by atoms with van der Waals surface area (Å²) in [6.45, 7) is 3.97. The first-order valence-corrected chi connectivity index (χ1v) is 14.2. The number of ketones is 1. The van der Waals surface area contributed by atoms with E-state index in [1.807, 2.05) is 60.7 Å². The van der Waals surface area contributed by atoms with Gasteiger partial charge in [-0.1, -0.05) is 115 Å². The molecule has 9 heteroatoms. The number of amides is 1. The molecule has 2 heterocycles. The summed E-state index contributed by atoms with van der Waals surface area (Å²) in [7, 11) is 0. The van der Waals surface area contributed by atoms with Crippen LogP contribution in [0.1, 0.15) is 22.7 Å².